The predicted octanol–water partition coefficient (Wildman–Crippen LogP) is 1.49. The Kier molecular flexibility index (Phi) is 3.93. The van der Waals surface area contributed by atoms with Crippen molar-refractivity contribution in [1.82, 2.24) is 10.0 Å². The van der Waals surface area contributed by atoms with E-state index in [9.17, 15) is 8.42 Å². The summed E-state index contributed by atoms with van der Waals surface area (Å²) in [6.07, 6.45) is 4.88. The SMILES string of the molecule is O=S(=O)(CCc1cccs1)NC1CC2CCC(C1)N2. The first-order chi connectivity index (χ1) is 9.11. The maximum absolute atomic E-state index is 12.1. The van der Waals surface area contributed by atoms with Crippen LogP contribution in [0.15, 0.2) is 17.5 Å². The highest BCUT2D eigenvalue weighted by atomic mass is 32.2. The highest BCUT2D eigenvalue weighted by molar-refractivity contribution is 7.89. The quantitative estimate of drug-likeness (QED) is 0.866. The van der Waals surface area contributed by atoms with Gasteiger partial charge in [-0.3, -0.25) is 0 Å². The third-order valence-corrected chi connectivity index (χ3v) is 6.39. The van der Waals surface area contributed by atoms with E-state index in [-0.39, 0.29) is 11.8 Å². The lowest BCUT2D eigenvalue weighted by atomic mass is 10.0. The Morgan fingerprint density at radius 2 is 2.05 bits per heavy atom. The van der Waals surface area contributed by atoms with Crippen LogP contribution < -0.4 is 10.0 Å². The number of hydrogen-bond acceptors (Lipinski definition) is 4. The van der Waals surface area contributed by atoms with Crippen molar-refractivity contribution in [3.63, 3.8) is 0 Å². The Hall–Kier alpha value is -0.430. The van der Waals surface area contributed by atoms with E-state index in [1.807, 2.05) is 17.5 Å². The van der Waals surface area contributed by atoms with E-state index < -0.39 is 10.0 Å². The molecule has 2 aliphatic heterocycles. The van der Waals surface area contributed by atoms with Gasteiger partial charge < -0.3 is 5.32 Å². The minimum atomic E-state index is -3.15. The van der Waals surface area contributed by atoms with Crippen LogP contribution in [0.5, 0.6) is 0 Å². The third-order valence-electron chi connectivity index (χ3n) is 4.02. The Bertz CT molecular complexity index is 501. The molecule has 2 aliphatic rings. The maximum Gasteiger partial charge on any atom is 0.212 e. The topological polar surface area (TPSA) is 58.2 Å². The second-order valence-corrected chi connectivity index (χ2v) is 8.48. The van der Waals surface area contributed by atoms with Gasteiger partial charge in [-0.25, -0.2) is 13.1 Å². The molecule has 1 aromatic rings. The standard InChI is InChI=1S/C13H20N2O2S2/c16-19(17,7-5-13-2-1-6-18-13)15-12-8-10-3-4-11(9-12)14-10/h1-2,6,10-12,14-15H,3-5,7-9H2. The fourth-order valence-corrected chi connectivity index (χ4v) is 5.30. The molecule has 2 bridgehead atoms. The molecule has 0 aromatic carbocycles. The van der Waals surface area contributed by atoms with Crippen LogP contribution in [-0.2, 0) is 16.4 Å². The van der Waals surface area contributed by atoms with Gasteiger partial charge in [0, 0.05) is 23.0 Å². The van der Waals surface area contributed by atoms with E-state index >= 15 is 0 Å². The molecule has 3 heterocycles. The highest BCUT2D eigenvalue weighted by Crippen LogP contribution is 2.27. The average Bonchev–Trinajstić information content (AvgIpc) is 2.96. The van der Waals surface area contributed by atoms with Gasteiger partial charge in [0.05, 0.1) is 5.75 Å². The summed E-state index contributed by atoms with van der Waals surface area (Å²) in [5, 5.41) is 5.51. The van der Waals surface area contributed by atoms with Gasteiger partial charge in [0.25, 0.3) is 0 Å². The van der Waals surface area contributed by atoms with Crippen molar-refractivity contribution < 1.29 is 8.42 Å². The largest absolute Gasteiger partial charge is 0.311 e. The van der Waals surface area contributed by atoms with Crippen LogP contribution in [0.1, 0.15) is 30.6 Å². The normalized spacial score (nSPS) is 30.6. The predicted molar refractivity (Wildman–Crippen MR) is 77.9 cm³/mol. The number of fused-ring (bicyclic) bond motifs is 2. The van der Waals surface area contributed by atoms with Crippen molar-refractivity contribution in [1.29, 1.82) is 0 Å². The second-order valence-electron chi connectivity index (χ2n) is 5.57. The molecule has 0 radical (unpaired) electrons. The number of nitrogens with one attached hydrogen (secondary N) is 2. The minimum absolute atomic E-state index is 0.132. The average molecular weight is 300 g/mol. The second kappa shape index (κ2) is 5.52. The first-order valence-corrected chi connectivity index (χ1v) is 9.42. The Morgan fingerprint density at radius 3 is 2.68 bits per heavy atom. The molecule has 1 aromatic heterocycles. The zero-order valence-corrected chi connectivity index (χ0v) is 12.5. The smallest absolute Gasteiger partial charge is 0.212 e. The Labute approximate surface area is 118 Å². The van der Waals surface area contributed by atoms with Crippen LogP contribution in [0.2, 0.25) is 0 Å². The minimum Gasteiger partial charge on any atom is -0.311 e. The lowest BCUT2D eigenvalue weighted by Gasteiger charge is -2.29. The van der Waals surface area contributed by atoms with E-state index in [1.54, 1.807) is 11.3 Å². The van der Waals surface area contributed by atoms with Crippen molar-refractivity contribution >= 4 is 21.4 Å². The Balaban J connectivity index is 1.53. The molecular weight excluding hydrogens is 280 g/mol. The number of rotatable bonds is 5. The molecular formula is C13H20N2O2S2. The number of thiophene rings is 1. The summed E-state index contributed by atoms with van der Waals surface area (Å²) in [5.41, 5.74) is 0. The molecule has 0 aliphatic carbocycles. The van der Waals surface area contributed by atoms with Gasteiger partial charge in [-0.2, -0.15) is 0 Å². The molecule has 2 fully saturated rings. The fourth-order valence-electron chi connectivity index (χ4n) is 3.16. The molecule has 2 unspecified atom stereocenters. The monoisotopic (exact) mass is 300 g/mol. The number of piperidine rings is 1. The van der Waals surface area contributed by atoms with E-state index in [4.69, 9.17) is 0 Å². The van der Waals surface area contributed by atoms with E-state index in [1.165, 1.54) is 12.8 Å². The maximum atomic E-state index is 12.1. The van der Waals surface area contributed by atoms with Crippen LogP contribution in [0.3, 0.4) is 0 Å². The number of sulfonamides is 1. The van der Waals surface area contributed by atoms with Crippen LogP contribution in [-0.4, -0.2) is 32.3 Å². The molecule has 2 atom stereocenters. The zero-order valence-electron chi connectivity index (χ0n) is 10.8. The van der Waals surface area contributed by atoms with E-state index in [0.717, 1.165) is 17.7 Å². The van der Waals surface area contributed by atoms with Crippen molar-refractivity contribution in [3.05, 3.63) is 22.4 Å². The summed E-state index contributed by atoms with van der Waals surface area (Å²) in [6.45, 7) is 0. The molecule has 2 N–H and O–H groups in total. The Morgan fingerprint density at radius 1 is 1.32 bits per heavy atom. The number of aryl methyl sites for hydroxylation is 1. The first kappa shape index (κ1) is 13.5. The molecule has 0 saturated carbocycles. The molecule has 0 spiro atoms. The van der Waals surface area contributed by atoms with E-state index in [0.29, 0.717) is 18.5 Å². The van der Waals surface area contributed by atoms with Gasteiger partial charge in [-0.05, 0) is 43.6 Å². The molecule has 6 heteroatoms. The molecule has 2 saturated heterocycles. The fraction of sp³-hybridized carbons (Fsp3) is 0.692. The lowest BCUT2D eigenvalue weighted by molar-refractivity contribution is 0.345. The van der Waals surface area contributed by atoms with Gasteiger partial charge in [0.1, 0.15) is 0 Å². The summed E-state index contributed by atoms with van der Waals surface area (Å²) < 4.78 is 27.1. The summed E-state index contributed by atoms with van der Waals surface area (Å²) in [7, 11) is -3.15. The molecule has 3 rings (SSSR count). The highest BCUT2D eigenvalue weighted by Gasteiger charge is 2.34. The van der Waals surface area contributed by atoms with Crippen molar-refractivity contribution in [2.75, 3.05) is 5.75 Å². The van der Waals surface area contributed by atoms with Gasteiger partial charge >= 0.3 is 0 Å². The van der Waals surface area contributed by atoms with Crippen LogP contribution in [0.4, 0.5) is 0 Å². The van der Waals surface area contributed by atoms with Gasteiger partial charge in [-0.1, -0.05) is 6.07 Å². The van der Waals surface area contributed by atoms with Crippen molar-refractivity contribution in [2.24, 2.45) is 0 Å². The summed E-state index contributed by atoms with van der Waals surface area (Å²) in [4.78, 5) is 1.13. The van der Waals surface area contributed by atoms with Gasteiger partial charge in [-0.15, -0.1) is 11.3 Å². The van der Waals surface area contributed by atoms with Crippen LogP contribution >= 0.6 is 11.3 Å². The van der Waals surface area contributed by atoms with Gasteiger partial charge in [0.2, 0.25) is 10.0 Å². The molecule has 4 nitrogen and oxygen atoms in total. The van der Waals surface area contributed by atoms with E-state index in [2.05, 4.69) is 10.0 Å². The van der Waals surface area contributed by atoms with Gasteiger partial charge in [0.15, 0.2) is 0 Å². The zero-order chi connectivity index (χ0) is 13.3. The van der Waals surface area contributed by atoms with Crippen LogP contribution in [0.25, 0.3) is 0 Å². The first-order valence-electron chi connectivity index (χ1n) is 6.89. The molecule has 106 valence electrons. The third kappa shape index (κ3) is 3.56. The van der Waals surface area contributed by atoms with Crippen LogP contribution in [0, 0.1) is 0 Å². The lowest BCUT2D eigenvalue weighted by Crippen LogP contribution is -2.48. The summed E-state index contributed by atoms with van der Waals surface area (Å²) in [5.74, 6) is 0.201. The molecule has 0 amide bonds. The number of hydrogen-bond donors (Lipinski definition) is 2. The molecule has 19 heavy (non-hydrogen) atoms. The van der Waals surface area contributed by atoms with Crippen molar-refractivity contribution in [3.8, 4) is 0 Å². The summed E-state index contributed by atoms with van der Waals surface area (Å²) in [6, 6.07) is 5.12. The summed E-state index contributed by atoms with van der Waals surface area (Å²) >= 11 is 1.62. The van der Waals surface area contributed by atoms with Crippen molar-refractivity contribution in [2.45, 2.75) is 50.2 Å².